The van der Waals surface area contributed by atoms with Gasteiger partial charge in [0.15, 0.2) is 0 Å². The average molecular weight is 262 g/mol. The number of hydrogen-bond donors (Lipinski definition) is 0. The first-order valence-electron chi connectivity index (χ1n) is 6.65. The van der Waals surface area contributed by atoms with Crippen LogP contribution in [0.5, 0.6) is 0 Å². The molecule has 0 aliphatic carbocycles. The van der Waals surface area contributed by atoms with Gasteiger partial charge in [0.25, 0.3) is 0 Å². The SMILES string of the molecule is CCCc1cccc(F)c1.CCc1ccccc1F. The molecule has 102 valence electrons. The van der Waals surface area contributed by atoms with E-state index in [-0.39, 0.29) is 11.6 Å². The van der Waals surface area contributed by atoms with E-state index in [0.717, 1.165) is 30.4 Å². The van der Waals surface area contributed by atoms with Crippen LogP contribution in [0.25, 0.3) is 0 Å². The maximum atomic E-state index is 12.6. The lowest BCUT2D eigenvalue weighted by molar-refractivity contribution is 0.612. The van der Waals surface area contributed by atoms with Crippen molar-refractivity contribution in [3.63, 3.8) is 0 Å². The van der Waals surface area contributed by atoms with Gasteiger partial charge in [0, 0.05) is 0 Å². The Hall–Kier alpha value is -1.70. The molecular weight excluding hydrogens is 242 g/mol. The van der Waals surface area contributed by atoms with Crippen LogP contribution >= 0.6 is 0 Å². The minimum Gasteiger partial charge on any atom is -0.207 e. The van der Waals surface area contributed by atoms with Gasteiger partial charge < -0.3 is 0 Å². The number of rotatable bonds is 3. The molecule has 0 unspecified atom stereocenters. The van der Waals surface area contributed by atoms with E-state index in [2.05, 4.69) is 6.92 Å². The second kappa shape index (κ2) is 8.41. The molecule has 0 saturated carbocycles. The fourth-order valence-electron chi connectivity index (χ4n) is 1.77. The largest absolute Gasteiger partial charge is 0.207 e. The third-order valence-corrected chi connectivity index (χ3v) is 2.77. The summed E-state index contributed by atoms with van der Waals surface area (Å²) in [4.78, 5) is 0. The number of halogens is 2. The van der Waals surface area contributed by atoms with Gasteiger partial charge in [-0.05, 0) is 42.2 Å². The topological polar surface area (TPSA) is 0 Å². The molecule has 0 aromatic heterocycles. The quantitative estimate of drug-likeness (QED) is 0.716. The summed E-state index contributed by atoms with van der Waals surface area (Å²) >= 11 is 0. The smallest absolute Gasteiger partial charge is 0.126 e. The second-order valence-corrected chi connectivity index (χ2v) is 4.32. The molecule has 0 bridgehead atoms. The van der Waals surface area contributed by atoms with Crippen LogP contribution in [-0.4, -0.2) is 0 Å². The molecule has 0 aliphatic heterocycles. The Kier molecular flexibility index (Phi) is 6.80. The molecule has 0 N–H and O–H groups in total. The zero-order chi connectivity index (χ0) is 14.1. The van der Waals surface area contributed by atoms with Gasteiger partial charge in [-0.1, -0.05) is 50.6 Å². The zero-order valence-corrected chi connectivity index (χ0v) is 11.5. The van der Waals surface area contributed by atoms with Crippen molar-refractivity contribution in [1.29, 1.82) is 0 Å². The van der Waals surface area contributed by atoms with Crippen molar-refractivity contribution in [2.45, 2.75) is 33.1 Å². The Morgan fingerprint density at radius 1 is 0.895 bits per heavy atom. The van der Waals surface area contributed by atoms with Crippen molar-refractivity contribution >= 4 is 0 Å². The summed E-state index contributed by atoms with van der Waals surface area (Å²) in [6, 6.07) is 13.6. The van der Waals surface area contributed by atoms with Gasteiger partial charge in [-0.3, -0.25) is 0 Å². The molecule has 2 aromatic rings. The molecule has 0 spiro atoms. The van der Waals surface area contributed by atoms with Gasteiger partial charge in [-0.15, -0.1) is 0 Å². The Morgan fingerprint density at radius 3 is 2.16 bits per heavy atom. The lowest BCUT2D eigenvalue weighted by Crippen LogP contribution is -1.83. The summed E-state index contributed by atoms with van der Waals surface area (Å²) in [5.41, 5.74) is 1.88. The van der Waals surface area contributed by atoms with Crippen LogP contribution in [-0.2, 0) is 12.8 Å². The van der Waals surface area contributed by atoms with Crippen molar-refractivity contribution < 1.29 is 8.78 Å². The molecule has 2 heteroatoms. The van der Waals surface area contributed by atoms with Crippen molar-refractivity contribution in [1.82, 2.24) is 0 Å². The molecule has 0 atom stereocenters. The van der Waals surface area contributed by atoms with Crippen LogP contribution in [0.4, 0.5) is 8.78 Å². The molecule has 0 radical (unpaired) electrons. The first-order valence-corrected chi connectivity index (χ1v) is 6.65. The molecule has 0 fully saturated rings. The molecule has 19 heavy (non-hydrogen) atoms. The maximum Gasteiger partial charge on any atom is 0.126 e. The van der Waals surface area contributed by atoms with Gasteiger partial charge in [0.2, 0.25) is 0 Å². The Bertz CT molecular complexity index is 492. The predicted molar refractivity (Wildman–Crippen MR) is 76.2 cm³/mol. The Balaban J connectivity index is 0.000000191. The lowest BCUT2D eigenvalue weighted by Gasteiger charge is -1.95. The van der Waals surface area contributed by atoms with Crippen LogP contribution in [0.2, 0.25) is 0 Å². The van der Waals surface area contributed by atoms with Crippen LogP contribution in [0.15, 0.2) is 48.5 Å². The van der Waals surface area contributed by atoms with E-state index in [1.807, 2.05) is 19.1 Å². The highest BCUT2D eigenvalue weighted by Crippen LogP contribution is 2.06. The average Bonchev–Trinajstić information content (AvgIpc) is 2.40. The molecule has 0 amide bonds. The van der Waals surface area contributed by atoms with Gasteiger partial charge in [0.1, 0.15) is 11.6 Å². The molecule has 0 aliphatic rings. The standard InChI is InChI=1S/C9H11F.C8H9F/c1-2-4-8-5-3-6-9(10)7-8;1-2-7-5-3-4-6-8(7)9/h3,5-7H,2,4H2,1H3;3-6H,2H2,1H3. The molecule has 2 aromatic carbocycles. The Morgan fingerprint density at radius 2 is 1.63 bits per heavy atom. The molecule has 0 nitrogen and oxygen atoms in total. The first-order chi connectivity index (χ1) is 9.17. The number of aryl methyl sites for hydroxylation is 2. The molecular formula is C17H20F2. The monoisotopic (exact) mass is 262 g/mol. The zero-order valence-electron chi connectivity index (χ0n) is 11.5. The van der Waals surface area contributed by atoms with Crippen LogP contribution in [0, 0.1) is 11.6 Å². The summed E-state index contributed by atoms with van der Waals surface area (Å²) in [7, 11) is 0. The van der Waals surface area contributed by atoms with Crippen molar-refractivity contribution in [2.24, 2.45) is 0 Å². The predicted octanol–water partition coefficient (Wildman–Crippen LogP) is 5.17. The fourth-order valence-corrected chi connectivity index (χ4v) is 1.77. The molecule has 0 saturated heterocycles. The van der Waals surface area contributed by atoms with Crippen LogP contribution in [0.3, 0.4) is 0 Å². The summed E-state index contributed by atoms with van der Waals surface area (Å²) in [5, 5.41) is 0. The minimum absolute atomic E-state index is 0.0972. The van der Waals surface area contributed by atoms with Gasteiger partial charge in [-0.2, -0.15) is 0 Å². The van der Waals surface area contributed by atoms with E-state index in [9.17, 15) is 8.78 Å². The van der Waals surface area contributed by atoms with E-state index >= 15 is 0 Å². The highest BCUT2D eigenvalue weighted by Gasteiger charge is 1.94. The van der Waals surface area contributed by atoms with Crippen molar-refractivity contribution in [2.75, 3.05) is 0 Å². The van der Waals surface area contributed by atoms with E-state index < -0.39 is 0 Å². The fraction of sp³-hybridized carbons (Fsp3) is 0.294. The summed E-state index contributed by atoms with van der Waals surface area (Å²) in [6.07, 6.45) is 2.81. The highest BCUT2D eigenvalue weighted by atomic mass is 19.1. The van der Waals surface area contributed by atoms with E-state index in [1.165, 1.54) is 12.1 Å². The highest BCUT2D eigenvalue weighted by molar-refractivity contribution is 5.17. The summed E-state index contributed by atoms with van der Waals surface area (Å²) < 4.78 is 25.1. The third-order valence-electron chi connectivity index (χ3n) is 2.77. The van der Waals surface area contributed by atoms with Gasteiger partial charge in [-0.25, -0.2) is 8.78 Å². The van der Waals surface area contributed by atoms with Crippen LogP contribution < -0.4 is 0 Å². The number of benzene rings is 2. The second-order valence-electron chi connectivity index (χ2n) is 4.32. The lowest BCUT2D eigenvalue weighted by atomic mass is 10.1. The summed E-state index contributed by atoms with van der Waals surface area (Å²) in [6.45, 7) is 4.03. The maximum absolute atomic E-state index is 12.6. The van der Waals surface area contributed by atoms with E-state index in [4.69, 9.17) is 0 Å². The van der Waals surface area contributed by atoms with E-state index in [0.29, 0.717) is 0 Å². The third kappa shape index (κ3) is 5.64. The molecule has 0 heterocycles. The summed E-state index contributed by atoms with van der Waals surface area (Å²) in [5.74, 6) is -0.231. The van der Waals surface area contributed by atoms with Gasteiger partial charge >= 0.3 is 0 Å². The normalized spacial score (nSPS) is 9.68. The first kappa shape index (κ1) is 15.4. The Labute approximate surface area is 114 Å². The van der Waals surface area contributed by atoms with Crippen molar-refractivity contribution in [3.8, 4) is 0 Å². The van der Waals surface area contributed by atoms with Crippen molar-refractivity contribution in [3.05, 3.63) is 71.3 Å². The molecule has 2 rings (SSSR count). The number of hydrogen-bond acceptors (Lipinski definition) is 0. The van der Waals surface area contributed by atoms with E-state index in [1.54, 1.807) is 24.3 Å². The minimum atomic E-state index is -0.133. The van der Waals surface area contributed by atoms with Gasteiger partial charge in [0.05, 0.1) is 0 Å². The van der Waals surface area contributed by atoms with Crippen LogP contribution in [0.1, 0.15) is 31.4 Å².